The van der Waals surface area contributed by atoms with Crippen molar-refractivity contribution < 1.29 is 9.90 Å². The molecule has 0 aliphatic rings. The van der Waals surface area contributed by atoms with Gasteiger partial charge in [0.2, 0.25) is 5.82 Å². The maximum atomic E-state index is 11.0. The third kappa shape index (κ3) is 5.31. The third-order valence-electron chi connectivity index (χ3n) is 5.30. The van der Waals surface area contributed by atoms with E-state index < -0.39 is 5.97 Å². The highest BCUT2D eigenvalue weighted by Crippen LogP contribution is 2.17. The Kier molecular flexibility index (Phi) is 6.13. The van der Waals surface area contributed by atoms with Gasteiger partial charge in [0.15, 0.2) is 0 Å². The fourth-order valence-electron chi connectivity index (χ4n) is 3.52. The Morgan fingerprint density at radius 3 is 2.57 bits per heavy atom. The molecule has 2 aromatic heterocycles. The summed E-state index contributed by atoms with van der Waals surface area (Å²) in [6.07, 6.45) is 2.33. The maximum absolute atomic E-state index is 11.0. The van der Waals surface area contributed by atoms with Crippen molar-refractivity contribution in [2.45, 2.75) is 13.0 Å². The lowest BCUT2D eigenvalue weighted by Crippen LogP contribution is -2.04. The van der Waals surface area contributed by atoms with Crippen molar-refractivity contribution in [1.82, 2.24) is 30.2 Å². The quantitative estimate of drug-likeness (QED) is 0.370. The number of H-pyrrole nitrogens is 1. The Morgan fingerprint density at radius 2 is 1.77 bits per heavy atom. The number of aromatic amines is 1. The van der Waals surface area contributed by atoms with Crippen LogP contribution in [0.4, 0.5) is 0 Å². The fourth-order valence-corrected chi connectivity index (χ4v) is 3.52. The normalized spacial score (nSPS) is 10.5. The molecule has 0 aliphatic heterocycles. The molecule has 0 fully saturated rings. The van der Waals surface area contributed by atoms with Gasteiger partial charge in [0.05, 0.1) is 30.4 Å². The molecule has 0 saturated heterocycles. The van der Waals surface area contributed by atoms with Gasteiger partial charge in [-0.25, -0.2) is 9.78 Å². The number of imidazole rings is 1. The zero-order valence-electron chi connectivity index (χ0n) is 18.6. The van der Waals surface area contributed by atoms with E-state index in [2.05, 4.69) is 37.2 Å². The van der Waals surface area contributed by atoms with E-state index in [4.69, 9.17) is 5.11 Å². The lowest BCUT2D eigenvalue weighted by atomic mass is 10.1. The number of hydrogen-bond acceptors (Lipinski definition) is 5. The van der Waals surface area contributed by atoms with Gasteiger partial charge in [0, 0.05) is 11.1 Å². The van der Waals surface area contributed by atoms with Crippen molar-refractivity contribution in [2.75, 3.05) is 0 Å². The smallest absolute Gasteiger partial charge is 0.335 e. The second kappa shape index (κ2) is 9.85. The SMILES string of the molecule is O=C(O)c1ccc(Cn2nnc(-c3cccc(C#CCc4ncc(-c5ccccc5)[nH]4)c3)n2)cc1. The number of nitrogens with zero attached hydrogens (tertiary/aromatic N) is 5. The predicted molar refractivity (Wildman–Crippen MR) is 130 cm³/mol. The number of carboxylic acids is 1. The Bertz CT molecular complexity index is 1530. The van der Waals surface area contributed by atoms with Crippen LogP contribution in [0.2, 0.25) is 0 Å². The van der Waals surface area contributed by atoms with Crippen LogP contribution in [0.1, 0.15) is 27.3 Å². The zero-order chi connectivity index (χ0) is 24.0. The molecule has 0 atom stereocenters. The highest BCUT2D eigenvalue weighted by Gasteiger charge is 2.08. The number of tetrazole rings is 1. The highest BCUT2D eigenvalue weighted by molar-refractivity contribution is 5.87. The summed E-state index contributed by atoms with van der Waals surface area (Å²) in [5, 5.41) is 21.7. The van der Waals surface area contributed by atoms with Crippen LogP contribution < -0.4 is 0 Å². The van der Waals surface area contributed by atoms with Crippen LogP contribution in [0.5, 0.6) is 0 Å². The second-order valence-corrected chi connectivity index (χ2v) is 7.81. The van der Waals surface area contributed by atoms with Crippen LogP contribution in [-0.2, 0) is 13.0 Å². The van der Waals surface area contributed by atoms with Crippen LogP contribution in [0.15, 0.2) is 85.1 Å². The molecule has 0 aliphatic carbocycles. The summed E-state index contributed by atoms with van der Waals surface area (Å²) in [5.41, 5.74) is 4.84. The molecule has 5 aromatic rings. The number of aromatic carboxylic acids is 1. The van der Waals surface area contributed by atoms with Gasteiger partial charge in [-0.05, 0) is 40.6 Å². The molecule has 5 rings (SSSR count). The molecule has 2 N–H and O–H groups in total. The van der Waals surface area contributed by atoms with Gasteiger partial charge in [-0.3, -0.25) is 0 Å². The van der Waals surface area contributed by atoms with Crippen LogP contribution >= 0.6 is 0 Å². The first-order valence-corrected chi connectivity index (χ1v) is 10.9. The number of carboxylic acid groups (broad SMARTS) is 1. The zero-order valence-corrected chi connectivity index (χ0v) is 18.6. The summed E-state index contributed by atoms with van der Waals surface area (Å²) >= 11 is 0. The van der Waals surface area contributed by atoms with E-state index >= 15 is 0 Å². The van der Waals surface area contributed by atoms with Crippen molar-refractivity contribution >= 4 is 5.97 Å². The lowest BCUT2D eigenvalue weighted by Gasteiger charge is -2.00. The lowest BCUT2D eigenvalue weighted by molar-refractivity contribution is 0.0697. The van der Waals surface area contributed by atoms with E-state index in [0.717, 1.165) is 33.8 Å². The van der Waals surface area contributed by atoms with Gasteiger partial charge in [0.1, 0.15) is 5.82 Å². The average molecular weight is 460 g/mol. The highest BCUT2D eigenvalue weighted by atomic mass is 16.4. The van der Waals surface area contributed by atoms with Crippen LogP contribution in [0, 0.1) is 11.8 Å². The fraction of sp³-hybridized carbons (Fsp3) is 0.0741. The minimum absolute atomic E-state index is 0.239. The number of carbonyl (C=O) groups is 1. The summed E-state index contributed by atoms with van der Waals surface area (Å²) in [5.74, 6) is 6.69. The molecule has 0 radical (unpaired) electrons. The van der Waals surface area contributed by atoms with Gasteiger partial charge in [-0.1, -0.05) is 66.4 Å². The summed E-state index contributed by atoms with van der Waals surface area (Å²) in [6, 6.07) is 24.3. The maximum Gasteiger partial charge on any atom is 0.335 e. The Labute approximate surface area is 201 Å². The standard InChI is InChI=1S/C27H20N6O2/c34-27(35)22-14-12-20(13-15-22)18-33-31-26(30-32-33)23-10-4-6-19(16-23)7-5-11-25-28-17-24(29-25)21-8-2-1-3-9-21/h1-4,6,8-10,12-17H,11,18H2,(H,28,29)(H,34,35). The molecule has 3 aromatic carbocycles. The first-order chi connectivity index (χ1) is 17.1. The van der Waals surface area contributed by atoms with Gasteiger partial charge < -0.3 is 10.1 Å². The minimum Gasteiger partial charge on any atom is -0.478 e. The molecule has 2 heterocycles. The second-order valence-electron chi connectivity index (χ2n) is 7.81. The molecule has 0 spiro atoms. The van der Waals surface area contributed by atoms with E-state index in [1.165, 1.54) is 4.80 Å². The van der Waals surface area contributed by atoms with Gasteiger partial charge >= 0.3 is 5.97 Å². The predicted octanol–water partition coefficient (Wildman–Crippen LogP) is 4.07. The van der Waals surface area contributed by atoms with Gasteiger partial charge in [-0.2, -0.15) is 4.80 Å². The first kappa shape index (κ1) is 21.8. The summed E-state index contributed by atoms with van der Waals surface area (Å²) < 4.78 is 0. The monoisotopic (exact) mass is 460 g/mol. The van der Waals surface area contributed by atoms with Gasteiger partial charge in [0.25, 0.3) is 0 Å². The molecule has 170 valence electrons. The van der Waals surface area contributed by atoms with Crippen molar-refractivity contribution in [3.63, 3.8) is 0 Å². The van der Waals surface area contributed by atoms with Crippen LogP contribution in [-0.4, -0.2) is 41.3 Å². The molecule has 8 nitrogen and oxygen atoms in total. The topological polar surface area (TPSA) is 110 Å². The van der Waals surface area contributed by atoms with Crippen molar-refractivity contribution in [3.05, 3.63) is 108 Å². The number of benzene rings is 3. The first-order valence-electron chi connectivity index (χ1n) is 10.9. The van der Waals surface area contributed by atoms with E-state index in [1.807, 2.05) is 60.8 Å². The average Bonchev–Trinajstić information content (AvgIpc) is 3.55. The molecule has 0 amide bonds. The van der Waals surface area contributed by atoms with Crippen LogP contribution in [0.3, 0.4) is 0 Å². The Hall–Kier alpha value is -5.03. The van der Waals surface area contributed by atoms with Gasteiger partial charge in [-0.15, -0.1) is 10.2 Å². The third-order valence-corrected chi connectivity index (χ3v) is 5.30. The van der Waals surface area contributed by atoms with Crippen molar-refractivity contribution in [1.29, 1.82) is 0 Å². The molecule has 0 saturated carbocycles. The number of aromatic nitrogens is 6. The summed E-state index contributed by atoms with van der Waals surface area (Å²) in [4.78, 5) is 20.2. The van der Waals surface area contributed by atoms with E-state index in [-0.39, 0.29) is 5.56 Å². The molecule has 0 unspecified atom stereocenters. The van der Waals surface area contributed by atoms with Crippen molar-refractivity contribution in [2.24, 2.45) is 0 Å². The molecule has 35 heavy (non-hydrogen) atoms. The van der Waals surface area contributed by atoms with Crippen molar-refractivity contribution in [3.8, 4) is 34.5 Å². The summed E-state index contributed by atoms with van der Waals surface area (Å²) in [6.45, 7) is 0.389. The van der Waals surface area contributed by atoms with Crippen LogP contribution in [0.25, 0.3) is 22.6 Å². The van der Waals surface area contributed by atoms with E-state index in [0.29, 0.717) is 18.8 Å². The molecule has 8 heteroatoms. The summed E-state index contributed by atoms with van der Waals surface area (Å²) in [7, 11) is 0. The largest absolute Gasteiger partial charge is 0.478 e. The minimum atomic E-state index is -0.957. The number of nitrogens with one attached hydrogen (secondary N) is 1. The van der Waals surface area contributed by atoms with E-state index in [1.54, 1.807) is 24.3 Å². The molecular weight excluding hydrogens is 440 g/mol. The number of hydrogen-bond donors (Lipinski definition) is 2. The number of rotatable bonds is 6. The van der Waals surface area contributed by atoms with E-state index in [9.17, 15) is 4.79 Å². The molecule has 0 bridgehead atoms. The Balaban J connectivity index is 1.25. The molecular formula is C27H20N6O2. The Morgan fingerprint density at radius 1 is 0.971 bits per heavy atom.